The van der Waals surface area contributed by atoms with Crippen LogP contribution < -0.4 is 10.6 Å². The molecule has 0 aromatic rings. The number of rotatable bonds is 3. The van der Waals surface area contributed by atoms with Gasteiger partial charge in [0.05, 0.1) is 0 Å². The van der Waals surface area contributed by atoms with Crippen LogP contribution in [0.3, 0.4) is 0 Å². The van der Waals surface area contributed by atoms with E-state index < -0.39 is 6.17 Å². The third kappa shape index (κ3) is 2.53. The Balaban J connectivity index is 3.90. The molecular weight excluding hydrogens is 132 g/mol. The standard InChI is InChI=1S/C5H6N4O/c1-4(10)5(8-2-6)9-3-7/h5,8-9H,1H3. The summed E-state index contributed by atoms with van der Waals surface area (Å²) in [7, 11) is 0. The molecule has 0 aliphatic heterocycles. The van der Waals surface area contributed by atoms with Crippen molar-refractivity contribution < 1.29 is 4.79 Å². The maximum Gasteiger partial charge on any atom is 0.178 e. The van der Waals surface area contributed by atoms with Crippen molar-refractivity contribution in [1.82, 2.24) is 10.6 Å². The van der Waals surface area contributed by atoms with Crippen LogP contribution in [0.15, 0.2) is 0 Å². The molecule has 0 amide bonds. The summed E-state index contributed by atoms with van der Waals surface area (Å²) in [6, 6.07) is 0. The van der Waals surface area contributed by atoms with Gasteiger partial charge in [0, 0.05) is 0 Å². The number of carbonyl (C=O) groups is 1. The second-order valence-electron chi connectivity index (χ2n) is 1.56. The zero-order chi connectivity index (χ0) is 7.98. The minimum atomic E-state index is -0.880. The molecule has 2 N–H and O–H groups in total. The highest BCUT2D eigenvalue weighted by molar-refractivity contribution is 5.81. The van der Waals surface area contributed by atoms with Crippen LogP contribution in [0, 0.1) is 22.9 Å². The third-order valence-corrected chi connectivity index (χ3v) is 0.824. The average Bonchev–Trinajstić information content (AvgIpc) is 1.87. The van der Waals surface area contributed by atoms with Crippen molar-refractivity contribution in [3.8, 4) is 12.4 Å². The maximum absolute atomic E-state index is 10.5. The molecule has 0 aromatic carbocycles. The Morgan fingerprint density at radius 2 is 1.80 bits per heavy atom. The first-order valence-electron chi connectivity index (χ1n) is 2.52. The number of nitrogens with zero attached hydrogens (tertiary/aromatic N) is 2. The Kier molecular flexibility index (Phi) is 3.43. The van der Waals surface area contributed by atoms with Gasteiger partial charge in [0.25, 0.3) is 0 Å². The summed E-state index contributed by atoms with van der Waals surface area (Å²) in [5.74, 6) is -0.303. The van der Waals surface area contributed by atoms with Crippen molar-refractivity contribution in [3.05, 3.63) is 0 Å². The Labute approximate surface area is 58.2 Å². The van der Waals surface area contributed by atoms with Crippen LogP contribution in [-0.2, 0) is 4.79 Å². The lowest BCUT2D eigenvalue weighted by atomic mass is 10.3. The minimum absolute atomic E-state index is 0.303. The van der Waals surface area contributed by atoms with Crippen LogP contribution in [-0.4, -0.2) is 11.9 Å². The quantitative estimate of drug-likeness (QED) is 0.298. The number of hydrogen-bond acceptors (Lipinski definition) is 5. The van der Waals surface area contributed by atoms with Gasteiger partial charge in [-0.15, -0.1) is 0 Å². The molecule has 0 spiro atoms. The number of ketones is 1. The molecule has 0 aliphatic rings. The second-order valence-corrected chi connectivity index (χ2v) is 1.56. The van der Waals surface area contributed by atoms with Gasteiger partial charge in [-0.2, -0.15) is 10.5 Å². The Morgan fingerprint density at radius 3 is 2.00 bits per heavy atom. The summed E-state index contributed by atoms with van der Waals surface area (Å²) in [5.41, 5.74) is 0. The number of Topliss-reactive ketones (excluding diaryl/α,β-unsaturated/α-hetero) is 1. The number of carbonyl (C=O) groups excluding carboxylic acids is 1. The van der Waals surface area contributed by atoms with Crippen LogP contribution in [0.5, 0.6) is 0 Å². The largest absolute Gasteiger partial charge is 0.296 e. The van der Waals surface area contributed by atoms with E-state index in [4.69, 9.17) is 10.5 Å². The van der Waals surface area contributed by atoms with Crippen molar-refractivity contribution >= 4 is 5.78 Å². The fraction of sp³-hybridized carbons (Fsp3) is 0.400. The molecule has 5 nitrogen and oxygen atoms in total. The van der Waals surface area contributed by atoms with E-state index in [1.807, 2.05) is 0 Å². The fourth-order valence-corrected chi connectivity index (χ4v) is 0.368. The number of nitrogens with one attached hydrogen (secondary N) is 2. The van der Waals surface area contributed by atoms with Gasteiger partial charge in [-0.1, -0.05) is 0 Å². The second kappa shape index (κ2) is 4.16. The zero-order valence-corrected chi connectivity index (χ0v) is 5.38. The molecule has 0 unspecified atom stereocenters. The van der Waals surface area contributed by atoms with Crippen LogP contribution in [0.2, 0.25) is 0 Å². The highest BCUT2D eigenvalue weighted by atomic mass is 16.1. The first-order chi connectivity index (χ1) is 4.72. The highest BCUT2D eigenvalue weighted by Gasteiger charge is 2.09. The fourth-order valence-electron chi connectivity index (χ4n) is 0.368. The predicted octanol–water partition coefficient (Wildman–Crippen LogP) is -0.957. The first kappa shape index (κ1) is 8.25. The van der Waals surface area contributed by atoms with Crippen molar-refractivity contribution in [2.24, 2.45) is 0 Å². The molecule has 52 valence electrons. The van der Waals surface area contributed by atoms with Crippen molar-refractivity contribution in [1.29, 1.82) is 10.5 Å². The topological polar surface area (TPSA) is 88.7 Å². The molecule has 0 aromatic heterocycles. The van der Waals surface area contributed by atoms with Crippen molar-refractivity contribution in [2.75, 3.05) is 0 Å². The lowest BCUT2D eigenvalue weighted by Crippen LogP contribution is -2.42. The van der Waals surface area contributed by atoms with Gasteiger partial charge >= 0.3 is 0 Å². The normalized spacial score (nSPS) is 7.60. The zero-order valence-electron chi connectivity index (χ0n) is 5.38. The van der Waals surface area contributed by atoms with E-state index >= 15 is 0 Å². The van der Waals surface area contributed by atoms with Crippen LogP contribution in [0.25, 0.3) is 0 Å². The molecular formula is C5H6N4O. The van der Waals surface area contributed by atoms with Gasteiger partial charge in [0.1, 0.15) is 0 Å². The number of hydrogen-bond donors (Lipinski definition) is 2. The molecule has 0 rings (SSSR count). The first-order valence-corrected chi connectivity index (χ1v) is 2.52. The Hall–Kier alpha value is -1.75. The maximum atomic E-state index is 10.5. The molecule has 0 saturated carbocycles. The molecule has 5 heteroatoms. The van der Waals surface area contributed by atoms with E-state index in [0.717, 1.165) is 0 Å². The highest BCUT2D eigenvalue weighted by Crippen LogP contribution is 1.76. The van der Waals surface area contributed by atoms with Crippen molar-refractivity contribution in [2.45, 2.75) is 13.1 Å². The van der Waals surface area contributed by atoms with Gasteiger partial charge in [-0.3, -0.25) is 15.4 Å². The van der Waals surface area contributed by atoms with Gasteiger partial charge in [0.2, 0.25) is 0 Å². The predicted molar refractivity (Wildman–Crippen MR) is 32.0 cm³/mol. The average molecular weight is 138 g/mol. The van der Waals surface area contributed by atoms with Gasteiger partial charge in [-0.25, -0.2) is 0 Å². The smallest absolute Gasteiger partial charge is 0.178 e. The molecule has 0 atom stereocenters. The van der Waals surface area contributed by atoms with Crippen LogP contribution in [0.4, 0.5) is 0 Å². The molecule has 0 heterocycles. The summed E-state index contributed by atoms with van der Waals surface area (Å²) in [6.45, 7) is 1.28. The Morgan fingerprint density at radius 1 is 1.40 bits per heavy atom. The molecule has 10 heavy (non-hydrogen) atoms. The lowest BCUT2D eigenvalue weighted by Gasteiger charge is -2.06. The van der Waals surface area contributed by atoms with Crippen molar-refractivity contribution in [3.63, 3.8) is 0 Å². The van der Waals surface area contributed by atoms with E-state index in [2.05, 4.69) is 10.6 Å². The lowest BCUT2D eigenvalue weighted by molar-refractivity contribution is -0.119. The molecule has 0 aliphatic carbocycles. The summed E-state index contributed by atoms with van der Waals surface area (Å²) in [6.07, 6.45) is 2.22. The van der Waals surface area contributed by atoms with E-state index in [9.17, 15) is 4.79 Å². The number of nitriles is 2. The van der Waals surface area contributed by atoms with E-state index in [-0.39, 0.29) is 5.78 Å². The summed E-state index contributed by atoms with van der Waals surface area (Å²) in [5, 5.41) is 20.3. The Bertz CT molecular complexity index is 183. The molecule has 0 bridgehead atoms. The van der Waals surface area contributed by atoms with Crippen LogP contribution in [0.1, 0.15) is 6.92 Å². The molecule has 0 radical (unpaired) electrons. The molecule has 0 fully saturated rings. The van der Waals surface area contributed by atoms with E-state index in [1.54, 1.807) is 12.4 Å². The minimum Gasteiger partial charge on any atom is -0.296 e. The monoisotopic (exact) mass is 138 g/mol. The van der Waals surface area contributed by atoms with Gasteiger partial charge in [0.15, 0.2) is 24.3 Å². The van der Waals surface area contributed by atoms with Gasteiger partial charge in [-0.05, 0) is 6.92 Å². The van der Waals surface area contributed by atoms with Gasteiger partial charge < -0.3 is 0 Å². The SMILES string of the molecule is CC(=O)C(NC#N)NC#N. The summed E-state index contributed by atoms with van der Waals surface area (Å²) < 4.78 is 0. The summed E-state index contributed by atoms with van der Waals surface area (Å²) in [4.78, 5) is 10.5. The third-order valence-electron chi connectivity index (χ3n) is 0.824. The molecule has 0 saturated heterocycles. The van der Waals surface area contributed by atoms with E-state index in [0.29, 0.717) is 0 Å². The van der Waals surface area contributed by atoms with Crippen LogP contribution >= 0.6 is 0 Å². The summed E-state index contributed by atoms with van der Waals surface area (Å²) >= 11 is 0. The van der Waals surface area contributed by atoms with E-state index in [1.165, 1.54) is 6.92 Å².